The van der Waals surface area contributed by atoms with E-state index in [9.17, 15) is 4.79 Å². The zero-order valence-corrected chi connectivity index (χ0v) is 9.70. The van der Waals surface area contributed by atoms with Gasteiger partial charge in [0.1, 0.15) is 0 Å². The van der Waals surface area contributed by atoms with Crippen LogP contribution in [0.1, 0.15) is 25.7 Å². The average Bonchev–Trinajstić information content (AvgIpc) is 2.65. The Bertz CT molecular complexity index is 277. The van der Waals surface area contributed by atoms with Gasteiger partial charge in [-0.05, 0) is 39.4 Å². The maximum absolute atomic E-state index is 11.2. The Morgan fingerprint density at radius 3 is 2.53 bits per heavy atom. The van der Waals surface area contributed by atoms with E-state index in [1.165, 1.54) is 31.6 Å². The summed E-state index contributed by atoms with van der Waals surface area (Å²) in [6.07, 6.45) is 5.93. The first kappa shape index (κ1) is 10.7. The standard InChI is InChI=1S/C12H20N2O/c1-13-7-5-10(6-8-13)14(2)11-3-4-12(15)9-11/h9-10H,3-8H2,1-2H3. The first-order chi connectivity index (χ1) is 7.16. The molecule has 0 aromatic rings. The van der Waals surface area contributed by atoms with Crippen molar-refractivity contribution in [2.45, 2.75) is 31.7 Å². The second kappa shape index (κ2) is 4.35. The van der Waals surface area contributed by atoms with Gasteiger partial charge in [0.15, 0.2) is 5.78 Å². The quantitative estimate of drug-likeness (QED) is 0.682. The molecule has 0 amide bonds. The van der Waals surface area contributed by atoms with Crippen LogP contribution in [-0.2, 0) is 4.79 Å². The number of likely N-dealkylation sites (tertiary alicyclic amines) is 1. The van der Waals surface area contributed by atoms with Gasteiger partial charge in [-0.2, -0.15) is 0 Å². The molecule has 1 aliphatic carbocycles. The number of hydrogen-bond donors (Lipinski definition) is 0. The second-order valence-electron chi connectivity index (χ2n) is 4.75. The van der Waals surface area contributed by atoms with Crippen molar-refractivity contribution in [3.63, 3.8) is 0 Å². The highest BCUT2D eigenvalue weighted by Gasteiger charge is 2.24. The van der Waals surface area contributed by atoms with E-state index in [-0.39, 0.29) is 0 Å². The lowest BCUT2D eigenvalue weighted by atomic mass is 10.0. The number of carbonyl (C=O) groups excluding carboxylic acids is 1. The van der Waals surface area contributed by atoms with E-state index in [4.69, 9.17) is 0 Å². The van der Waals surface area contributed by atoms with Crippen LogP contribution in [0.2, 0.25) is 0 Å². The van der Waals surface area contributed by atoms with Gasteiger partial charge in [0.2, 0.25) is 0 Å². The number of piperidine rings is 1. The molecule has 0 bridgehead atoms. The van der Waals surface area contributed by atoms with Gasteiger partial charge in [0, 0.05) is 31.3 Å². The van der Waals surface area contributed by atoms with Crippen molar-refractivity contribution in [1.82, 2.24) is 9.80 Å². The van der Waals surface area contributed by atoms with Gasteiger partial charge < -0.3 is 9.80 Å². The fourth-order valence-corrected chi connectivity index (χ4v) is 2.48. The highest BCUT2D eigenvalue weighted by Crippen LogP contribution is 2.24. The van der Waals surface area contributed by atoms with Gasteiger partial charge in [-0.25, -0.2) is 0 Å². The highest BCUT2D eigenvalue weighted by molar-refractivity contribution is 5.92. The van der Waals surface area contributed by atoms with Crippen LogP contribution >= 0.6 is 0 Å². The SMILES string of the molecule is CN1CCC(N(C)C2=CC(=O)CC2)CC1. The molecule has 1 aliphatic heterocycles. The molecular weight excluding hydrogens is 188 g/mol. The molecule has 84 valence electrons. The van der Waals surface area contributed by atoms with E-state index in [1.54, 1.807) is 0 Å². The van der Waals surface area contributed by atoms with Gasteiger partial charge in [0.25, 0.3) is 0 Å². The molecule has 0 saturated carbocycles. The Morgan fingerprint density at radius 1 is 1.33 bits per heavy atom. The van der Waals surface area contributed by atoms with E-state index in [1.807, 2.05) is 6.08 Å². The van der Waals surface area contributed by atoms with Crippen LogP contribution in [0.4, 0.5) is 0 Å². The zero-order valence-electron chi connectivity index (χ0n) is 9.70. The lowest BCUT2D eigenvalue weighted by Gasteiger charge is -2.36. The van der Waals surface area contributed by atoms with E-state index in [0.717, 1.165) is 6.42 Å². The molecule has 0 N–H and O–H groups in total. The Hall–Kier alpha value is -0.830. The summed E-state index contributed by atoms with van der Waals surface area (Å²) in [5.74, 6) is 0.296. The molecule has 0 aromatic heterocycles. The topological polar surface area (TPSA) is 23.6 Å². The van der Waals surface area contributed by atoms with Crippen LogP contribution in [0, 0.1) is 0 Å². The summed E-state index contributed by atoms with van der Waals surface area (Å²) in [6.45, 7) is 2.35. The van der Waals surface area contributed by atoms with Crippen molar-refractivity contribution < 1.29 is 4.79 Å². The summed E-state index contributed by atoms with van der Waals surface area (Å²) in [7, 11) is 4.31. The van der Waals surface area contributed by atoms with Crippen LogP contribution in [0.3, 0.4) is 0 Å². The number of rotatable bonds is 2. The Balaban J connectivity index is 1.93. The minimum Gasteiger partial charge on any atom is -0.375 e. The fourth-order valence-electron chi connectivity index (χ4n) is 2.48. The fraction of sp³-hybridized carbons (Fsp3) is 0.750. The molecule has 0 spiro atoms. The lowest BCUT2D eigenvalue weighted by Crippen LogP contribution is -2.41. The minimum absolute atomic E-state index is 0.296. The molecule has 15 heavy (non-hydrogen) atoms. The average molecular weight is 208 g/mol. The van der Waals surface area contributed by atoms with Gasteiger partial charge in [-0.15, -0.1) is 0 Å². The zero-order chi connectivity index (χ0) is 10.8. The summed E-state index contributed by atoms with van der Waals surface area (Å²) >= 11 is 0. The number of carbonyl (C=O) groups is 1. The van der Waals surface area contributed by atoms with Crippen molar-refractivity contribution in [1.29, 1.82) is 0 Å². The van der Waals surface area contributed by atoms with E-state index >= 15 is 0 Å². The predicted molar refractivity (Wildman–Crippen MR) is 60.6 cm³/mol. The number of nitrogens with zero attached hydrogens (tertiary/aromatic N) is 2. The maximum Gasteiger partial charge on any atom is 0.157 e. The summed E-state index contributed by atoms with van der Waals surface area (Å²) in [5.41, 5.74) is 1.24. The molecule has 0 aromatic carbocycles. The molecule has 3 heteroatoms. The van der Waals surface area contributed by atoms with E-state index < -0.39 is 0 Å². The van der Waals surface area contributed by atoms with Gasteiger partial charge in [0.05, 0.1) is 0 Å². The van der Waals surface area contributed by atoms with Gasteiger partial charge >= 0.3 is 0 Å². The third kappa shape index (κ3) is 2.40. The first-order valence-electron chi connectivity index (χ1n) is 5.81. The smallest absolute Gasteiger partial charge is 0.157 e. The molecule has 1 saturated heterocycles. The monoisotopic (exact) mass is 208 g/mol. The molecule has 2 aliphatic rings. The van der Waals surface area contributed by atoms with Crippen LogP contribution in [-0.4, -0.2) is 48.8 Å². The Labute approximate surface area is 91.7 Å². The maximum atomic E-state index is 11.2. The van der Waals surface area contributed by atoms with Crippen LogP contribution in [0.25, 0.3) is 0 Å². The molecule has 0 radical (unpaired) electrons. The normalized spacial score (nSPS) is 24.4. The highest BCUT2D eigenvalue weighted by atomic mass is 16.1. The summed E-state index contributed by atoms with van der Waals surface area (Å²) in [6, 6.07) is 0.637. The summed E-state index contributed by atoms with van der Waals surface area (Å²) in [5, 5.41) is 0. The second-order valence-corrected chi connectivity index (χ2v) is 4.75. The third-order valence-corrected chi connectivity index (χ3v) is 3.64. The molecule has 1 heterocycles. The molecule has 0 atom stereocenters. The molecule has 1 fully saturated rings. The van der Waals surface area contributed by atoms with Gasteiger partial charge in [-0.1, -0.05) is 0 Å². The lowest BCUT2D eigenvalue weighted by molar-refractivity contribution is -0.114. The van der Waals surface area contributed by atoms with Gasteiger partial charge in [-0.3, -0.25) is 4.79 Å². The van der Waals surface area contributed by atoms with Crippen molar-refractivity contribution in [2.75, 3.05) is 27.2 Å². The van der Waals surface area contributed by atoms with Crippen molar-refractivity contribution in [3.8, 4) is 0 Å². The largest absolute Gasteiger partial charge is 0.375 e. The minimum atomic E-state index is 0.296. The predicted octanol–water partition coefficient (Wildman–Crippen LogP) is 1.26. The van der Waals surface area contributed by atoms with Crippen LogP contribution < -0.4 is 0 Å². The van der Waals surface area contributed by atoms with Crippen LogP contribution in [0.15, 0.2) is 11.8 Å². The molecular formula is C12H20N2O. The van der Waals surface area contributed by atoms with E-state index in [0.29, 0.717) is 18.2 Å². The van der Waals surface area contributed by atoms with Crippen molar-refractivity contribution in [2.24, 2.45) is 0 Å². The van der Waals surface area contributed by atoms with Crippen molar-refractivity contribution in [3.05, 3.63) is 11.8 Å². The molecule has 0 unspecified atom stereocenters. The molecule has 3 nitrogen and oxygen atoms in total. The van der Waals surface area contributed by atoms with E-state index in [2.05, 4.69) is 23.9 Å². The Kier molecular flexibility index (Phi) is 3.10. The number of allylic oxidation sites excluding steroid dienone is 2. The third-order valence-electron chi connectivity index (χ3n) is 3.64. The molecule has 2 rings (SSSR count). The van der Waals surface area contributed by atoms with Crippen LogP contribution in [0.5, 0.6) is 0 Å². The summed E-state index contributed by atoms with van der Waals surface area (Å²) < 4.78 is 0. The summed E-state index contributed by atoms with van der Waals surface area (Å²) in [4.78, 5) is 15.9. The van der Waals surface area contributed by atoms with Crippen molar-refractivity contribution >= 4 is 5.78 Å². The Morgan fingerprint density at radius 2 is 2.00 bits per heavy atom. The number of hydrogen-bond acceptors (Lipinski definition) is 3. The first-order valence-corrected chi connectivity index (χ1v) is 5.81. The number of ketones is 1.